The van der Waals surface area contributed by atoms with Crippen molar-refractivity contribution in [3.8, 4) is 0 Å². The van der Waals surface area contributed by atoms with Gasteiger partial charge in [0.1, 0.15) is 35.5 Å². The van der Waals surface area contributed by atoms with Crippen molar-refractivity contribution in [1.29, 1.82) is 0 Å². The topological polar surface area (TPSA) is 162 Å². The average Bonchev–Trinajstić information content (AvgIpc) is 3.12. The number of nitrogens with zero attached hydrogens (tertiary/aromatic N) is 1. The second-order valence-corrected chi connectivity index (χ2v) is 15.9. The maximum atomic E-state index is 14.3. The minimum absolute atomic E-state index is 0.0400. The summed E-state index contributed by atoms with van der Waals surface area (Å²) in [5, 5.41) is 26.1. The Hall–Kier alpha value is -2.72. The quantitative estimate of drug-likeness (QED) is 0.290. The highest BCUT2D eigenvalue weighted by Crippen LogP contribution is 2.40. The van der Waals surface area contributed by atoms with Crippen LogP contribution in [0.4, 0.5) is 9.18 Å². The lowest BCUT2D eigenvalue weighted by Gasteiger charge is -2.48. The standard InChI is InChI=1S/C40H65FN2O11/c1-13-30-40(8,48)35(49-11)24(4)31(44)22(2)21-39(7,50-12)34(54-37-32(45)29(43(9)10)20-23(3)51-37)25(5)33(26(6)36(46)52-30)53-38(47)42-19-18-27-16-14-15-17-28(27)41/h14-17,22-26,29-30,32-35,37,45,48H,13,18-21H2,1-12H3,(H,42,47)/t22-,23-,24+,25+,26-,29+,30-,32-,33+,34-,35-,37+,39-,40-/m1/s1. The lowest BCUT2D eigenvalue weighted by Crippen LogP contribution is -2.61. The van der Waals surface area contributed by atoms with Crippen molar-refractivity contribution in [3.05, 3.63) is 35.6 Å². The van der Waals surface area contributed by atoms with Gasteiger partial charge in [-0.2, -0.15) is 0 Å². The number of carbonyl (C=O) groups is 3. The van der Waals surface area contributed by atoms with Crippen LogP contribution in [-0.2, 0) is 44.4 Å². The largest absolute Gasteiger partial charge is 0.459 e. The molecule has 0 aromatic heterocycles. The van der Waals surface area contributed by atoms with Gasteiger partial charge in [-0.25, -0.2) is 9.18 Å². The van der Waals surface area contributed by atoms with Crippen molar-refractivity contribution >= 4 is 17.8 Å². The van der Waals surface area contributed by atoms with Gasteiger partial charge in [-0.1, -0.05) is 45.9 Å². The number of nitrogens with one attached hydrogen (secondary N) is 1. The van der Waals surface area contributed by atoms with E-state index in [1.165, 1.54) is 27.2 Å². The Bertz CT molecular complexity index is 1400. The highest BCUT2D eigenvalue weighted by Gasteiger charge is 2.53. The van der Waals surface area contributed by atoms with Crippen molar-refractivity contribution < 1.29 is 57.4 Å². The predicted molar refractivity (Wildman–Crippen MR) is 199 cm³/mol. The summed E-state index contributed by atoms with van der Waals surface area (Å²) >= 11 is 0. The maximum absolute atomic E-state index is 14.3. The van der Waals surface area contributed by atoms with Crippen LogP contribution in [0.15, 0.2) is 24.3 Å². The second kappa shape index (κ2) is 19.4. The molecule has 1 aromatic rings. The smallest absolute Gasteiger partial charge is 0.407 e. The van der Waals surface area contributed by atoms with Crippen molar-refractivity contribution in [2.75, 3.05) is 34.9 Å². The van der Waals surface area contributed by atoms with E-state index in [0.717, 1.165) is 0 Å². The third-order valence-corrected chi connectivity index (χ3v) is 11.6. The molecule has 2 saturated heterocycles. The zero-order valence-corrected chi connectivity index (χ0v) is 34.2. The number of carbonyl (C=O) groups excluding carboxylic acids is 3. The molecule has 2 heterocycles. The number of amides is 1. The fourth-order valence-electron chi connectivity index (χ4n) is 8.38. The third-order valence-electron chi connectivity index (χ3n) is 11.6. The average molecular weight is 769 g/mol. The molecule has 0 spiro atoms. The molecule has 0 unspecified atom stereocenters. The maximum Gasteiger partial charge on any atom is 0.407 e. The van der Waals surface area contributed by atoms with Gasteiger partial charge in [0.2, 0.25) is 0 Å². The number of benzene rings is 1. The predicted octanol–water partition coefficient (Wildman–Crippen LogP) is 4.28. The first-order valence-electron chi connectivity index (χ1n) is 19.1. The summed E-state index contributed by atoms with van der Waals surface area (Å²) in [6, 6.07) is 5.93. The van der Waals surface area contributed by atoms with E-state index in [1.807, 2.05) is 25.9 Å². The van der Waals surface area contributed by atoms with Crippen molar-refractivity contribution in [1.82, 2.24) is 10.2 Å². The third kappa shape index (κ3) is 10.6. The van der Waals surface area contributed by atoms with E-state index in [4.69, 9.17) is 28.4 Å². The summed E-state index contributed by atoms with van der Waals surface area (Å²) in [5.41, 5.74) is -2.67. The first-order valence-corrected chi connectivity index (χ1v) is 19.1. The highest BCUT2D eigenvalue weighted by molar-refractivity contribution is 5.83. The van der Waals surface area contributed by atoms with Crippen molar-refractivity contribution in [3.63, 3.8) is 0 Å². The number of Topliss-reactive ketones (excluding diaryl/α,β-unsaturated/α-hetero) is 1. The van der Waals surface area contributed by atoms with E-state index < -0.39 is 89.6 Å². The Morgan fingerprint density at radius 1 is 1.06 bits per heavy atom. The molecule has 308 valence electrons. The molecule has 0 aliphatic carbocycles. The fourth-order valence-corrected chi connectivity index (χ4v) is 8.38. The molecule has 3 N–H and O–H groups in total. The molecule has 54 heavy (non-hydrogen) atoms. The molecule has 1 amide bonds. The Morgan fingerprint density at radius 3 is 2.28 bits per heavy atom. The number of ketones is 1. The van der Waals surface area contributed by atoms with Crippen LogP contribution in [0.25, 0.3) is 0 Å². The number of esters is 1. The minimum Gasteiger partial charge on any atom is -0.459 e. The Labute approximate surface area is 320 Å². The van der Waals surface area contributed by atoms with Gasteiger partial charge in [-0.3, -0.25) is 9.59 Å². The molecule has 1 aromatic carbocycles. The fraction of sp³-hybridized carbons (Fsp3) is 0.775. The number of hydrogen-bond acceptors (Lipinski definition) is 12. The molecular weight excluding hydrogens is 703 g/mol. The Morgan fingerprint density at radius 2 is 1.70 bits per heavy atom. The van der Waals surface area contributed by atoms with E-state index in [1.54, 1.807) is 59.7 Å². The number of hydrogen-bond donors (Lipinski definition) is 3. The van der Waals surface area contributed by atoms with Gasteiger partial charge in [0.05, 0.1) is 29.8 Å². The molecule has 0 radical (unpaired) electrons. The molecule has 2 aliphatic heterocycles. The number of alkyl carbamates (subject to hydrolysis) is 1. The first-order chi connectivity index (χ1) is 25.2. The van der Waals surface area contributed by atoms with Gasteiger partial charge in [-0.05, 0) is 79.1 Å². The molecular formula is C40H65FN2O11. The molecule has 13 nitrogen and oxygen atoms in total. The summed E-state index contributed by atoms with van der Waals surface area (Å²) in [5.74, 6) is -4.85. The number of rotatable bonds is 10. The van der Waals surface area contributed by atoms with E-state index in [2.05, 4.69) is 5.32 Å². The normalized spacial score (nSPS) is 38.7. The number of ether oxygens (including phenoxy) is 6. The second-order valence-electron chi connectivity index (χ2n) is 15.9. The van der Waals surface area contributed by atoms with Crippen LogP contribution < -0.4 is 5.32 Å². The van der Waals surface area contributed by atoms with Crippen molar-refractivity contribution in [2.24, 2.45) is 23.7 Å². The number of aliphatic hydroxyl groups is 2. The zero-order chi connectivity index (χ0) is 40.7. The van der Waals surface area contributed by atoms with E-state index in [-0.39, 0.29) is 43.7 Å². The Kier molecular flexibility index (Phi) is 16.4. The number of likely N-dealkylation sites (N-methyl/N-ethyl adjacent to an activating group) is 1. The number of aliphatic hydroxyl groups excluding tert-OH is 1. The number of halogens is 1. The van der Waals surface area contributed by atoms with Crippen LogP contribution in [0.5, 0.6) is 0 Å². The summed E-state index contributed by atoms with van der Waals surface area (Å²) in [6.45, 7) is 13.6. The Balaban J connectivity index is 2.14. The zero-order valence-electron chi connectivity index (χ0n) is 34.2. The highest BCUT2D eigenvalue weighted by atomic mass is 19.1. The van der Waals surface area contributed by atoms with Gasteiger partial charge in [0.15, 0.2) is 6.29 Å². The van der Waals surface area contributed by atoms with Crippen molar-refractivity contribution in [2.45, 2.75) is 141 Å². The molecule has 0 bridgehead atoms. The van der Waals surface area contributed by atoms with Crippen LogP contribution >= 0.6 is 0 Å². The van der Waals surface area contributed by atoms with Crippen LogP contribution in [0.2, 0.25) is 0 Å². The molecule has 3 rings (SSSR count). The van der Waals surface area contributed by atoms with E-state index in [0.29, 0.717) is 12.0 Å². The van der Waals surface area contributed by atoms with Crippen LogP contribution in [-0.4, -0.2) is 128 Å². The SMILES string of the molecule is CC[C@H]1OC(=O)[C@H](C)[C@@H](OC(=O)NCCc2ccccc2F)[C@H](C)[C@@H](O[C@@H]2O[C@H](C)C[C@H](N(C)C)[C@H]2O)[C@](C)(OC)C[C@@H](C)C(=O)[C@H](C)[C@@H](OC)[C@]1(C)O. The number of cyclic esters (lactones) is 1. The van der Waals surface area contributed by atoms with Gasteiger partial charge < -0.3 is 48.9 Å². The molecule has 14 atom stereocenters. The summed E-state index contributed by atoms with van der Waals surface area (Å²) < 4.78 is 51.2. The summed E-state index contributed by atoms with van der Waals surface area (Å²) in [4.78, 5) is 43.7. The van der Waals surface area contributed by atoms with Crippen LogP contribution in [0, 0.1) is 29.5 Å². The van der Waals surface area contributed by atoms with Gasteiger partial charge in [0.25, 0.3) is 0 Å². The molecule has 0 saturated carbocycles. The summed E-state index contributed by atoms with van der Waals surface area (Å²) in [7, 11) is 6.59. The first kappa shape index (κ1) is 45.7. The van der Waals surface area contributed by atoms with Gasteiger partial charge in [-0.15, -0.1) is 0 Å². The lowest BCUT2D eigenvalue weighted by atomic mass is 9.73. The van der Waals surface area contributed by atoms with Gasteiger partial charge in [0, 0.05) is 44.6 Å². The van der Waals surface area contributed by atoms with E-state index in [9.17, 15) is 29.0 Å². The molecule has 2 aliphatic rings. The van der Waals surface area contributed by atoms with E-state index >= 15 is 0 Å². The van der Waals surface area contributed by atoms with Crippen LogP contribution in [0.1, 0.15) is 80.2 Å². The van der Waals surface area contributed by atoms with Gasteiger partial charge >= 0.3 is 12.1 Å². The lowest BCUT2D eigenvalue weighted by molar-refractivity contribution is -0.301. The minimum atomic E-state index is -1.78. The molecule has 14 heteroatoms. The number of methoxy groups -OCH3 is 2. The monoisotopic (exact) mass is 768 g/mol. The molecule has 2 fully saturated rings. The summed E-state index contributed by atoms with van der Waals surface area (Å²) in [6.07, 6.45) is -6.79. The van der Waals surface area contributed by atoms with Crippen LogP contribution in [0.3, 0.4) is 0 Å².